The average Bonchev–Trinajstić information content (AvgIpc) is 2.37. The Morgan fingerprint density at radius 3 is 2.33 bits per heavy atom. The number of benzene rings is 1. The molecule has 0 radical (unpaired) electrons. The van der Waals surface area contributed by atoms with Crippen molar-refractivity contribution in [1.82, 2.24) is 0 Å². The lowest BCUT2D eigenvalue weighted by atomic mass is 10.00. The first-order chi connectivity index (χ1) is 9.76. The van der Waals surface area contributed by atoms with E-state index in [1.165, 1.54) is 0 Å². The Balaban J connectivity index is 2.40. The Bertz CT molecular complexity index is 478. The normalized spacial score (nSPS) is 11.0. The number of nitrogens with one attached hydrogen (secondary N) is 1. The topological polar surface area (TPSA) is 107 Å². The average molecular weight is 293 g/mol. The molecule has 21 heavy (non-hydrogen) atoms. The molecule has 0 bridgehead atoms. The monoisotopic (exact) mass is 293 g/mol. The van der Waals surface area contributed by atoms with Gasteiger partial charge in [-0.1, -0.05) is 0 Å². The van der Waals surface area contributed by atoms with Crippen LogP contribution in [0.4, 0.5) is 5.69 Å². The number of nitrogens with two attached hydrogens (primary N) is 2. The molecule has 0 saturated heterocycles. The lowest BCUT2D eigenvalue weighted by Gasteiger charge is -2.17. The number of carbonyl (C=O) groups excluding carboxylic acids is 2. The van der Waals surface area contributed by atoms with Crippen molar-refractivity contribution in [2.75, 3.05) is 11.9 Å². The summed E-state index contributed by atoms with van der Waals surface area (Å²) < 4.78 is 5.34. The van der Waals surface area contributed by atoms with Gasteiger partial charge in [0.05, 0.1) is 13.0 Å². The zero-order valence-corrected chi connectivity index (χ0v) is 12.5. The Morgan fingerprint density at radius 2 is 1.81 bits per heavy atom. The maximum atomic E-state index is 11.7. The third kappa shape index (κ3) is 7.94. The van der Waals surface area contributed by atoms with E-state index in [2.05, 4.69) is 5.32 Å². The van der Waals surface area contributed by atoms with Crippen LogP contribution in [0.2, 0.25) is 0 Å². The Morgan fingerprint density at radius 1 is 1.19 bits per heavy atom. The van der Waals surface area contributed by atoms with E-state index in [1.54, 1.807) is 24.3 Å². The highest BCUT2D eigenvalue weighted by Crippen LogP contribution is 2.16. The van der Waals surface area contributed by atoms with Gasteiger partial charge in [-0.2, -0.15) is 0 Å². The standard InChI is InChI=1S/C15H23N3O3/c1-15(2,17)9-7-14(20)18-11-3-5-12(6-4-11)21-10-8-13(16)19/h3-6H,7-10,17H2,1-2H3,(H2,16,19)(H,18,20). The summed E-state index contributed by atoms with van der Waals surface area (Å²) in [6, 6.07) is 6.93. The lowest BCUT2D eigenvalue weighted by Crippen LogP contribution is -2.33. The van der Waals surface area contributed by atoms with Gasteiger partial charge in [-0.05, 0) is 44.5 Å². The second-order valence-electron chi connectivity index (χ2n) is 5.63. The van der Waals surface area contributed by atoms with Crippen molar-refractivity contribution in [3.05, 3.63) is 24.3 Å². The van der Waals surface area contributed by atoms with E-state index in [9.17, 15) is 9.59 Å². The van der Waals surface area contributed by atoms with Crippen LogP contribution in [0.5, 0.6) is 5.75 Å². The number of rotatable bonds is 8. The summed E-state index contributed by atoms with van der Waals surface area (Å²) in [7, 11) is 0. The molecule has 0 aliphatic heterocycles. The fourth-order valence-electron chi connectivity index (χ4n) is 1.56. The third-order valence-corrected chi connectivity index (χ3v) is 2.75. The smallest absolute Gasteiger partial charge is 0.224 e. The molecule has 1 aromatic rings. The van der Waals surface area contributed by atoms with Gasteiger partial charge in [-0.15, -0.1) is 0 Å². The molecule has 6 nitrogen and oxygen atoms in total. The van der Waals surface area contributed by atoms with E-state index in [-0.39, 0.29) is 24.5 Å². The second-order valence-corrected chi connectivity index (χ2v) is 5.63. The fraction of sp³-hybridized carbons (Fsp3) is 0.467. The van der Waals surface area contributed by atoms with Crippen LogP contribution < -0.4 is 21.5 Å². The Kier molecular flexibility index (Phi) is 6.17. The molecular weight excluding hydrogens is 270 g/mol. The zero-order valence-electron chi connectivity index (χ0n) is 12.5. The van der Waals surface area contributed by atoms with Crippen molar-refractivity contribution < 1.29 is 14.3 Å². The Hall–Kier alpha value is -2.08. The van der Waals surface area contributed by atoms with Gasteiger partial charge in [0.1, 0.15) is 5.75 Å². The van der Waals surface area contributed by atoms with Crippen molar-refractivity contribution in [3.63, 3.8) is 0 Å². The van der Waals surface area contributed by atoms with E-state index in [0.29, 0.717) is 24.3 Å². The van der Waals surface area contributed by atoms with Crippen molar-refractivity contribution in [1.29, 1.82) is 0 Å². The van der Waals surface area contributed by atoms with Gasteiger partial charge in [0.2, 0.25) is 11.8 Å². The number of primary amides is 1. The summed E-state index contributed by atoms with van der Waals surface area (Å²) in [6.45, 7) is 4.02. The molecule has 1 aromatic carbocycles. The summed E-state index contributed by atoms with van der Waals surface area (Å²) in [5, 5.41) is 2.79. The molecule has 5 N–H and O–H groups in total. The van der Waals surface area contributed by atoms with Crippen molar-refractivity contribution in [3.8, 4) is 5.75 Å². The van der Waals surface area contributed by atoms with Crippen LogP contribution in [-0.2, 0) is 9.59 Å². The van der Waals surface area contributed by atoms with Crippen LogP contribution in [0.1, 0.15) is 33.1 Å². The molecule has 0 aliphatic rings. The molecule has 6 heteroatoms. The van der Waals surface area contributed by atoms with Gasteiger partial charge in [0, 0.05) is 17.6 Å². The molecule has 0 saturated carbocycles. The second kappa shape index (κ2) is 7.64. The van der Waals surface area contributed by atoms with Crippen LogP contribution in [0, 0.1) is 0 Å². The fourth-order valence-corrected chi connectivity index (χ4v) is 1.56. The largest absolute Gasteiger partial charge is 0.493 e. The number of carbonyl (C=O) groups is 2. The molecule has 0 fully saturated rings. The minimum absolute atomic E-state index is 0.0732. The van der Waals surface area contributed by atoms with Gasteiger partial charge < -0.3 is 21.5 Å². The van der Waals surface area contributed by atoms with Crippen LogP contribution in [0.25, 0.3) is 0 Å². The van der Waals surface area contributed by atoms with Crippen molar-refractivity contribution >= 4 is 17.5 Å². The van der Waals surface area contributed by atoms with Gasteiger partial charge >= 0.3 is 0 Å². The maximum absolute atomic E-state index is 11.7. The van der Waals surface area contributed by atoms with E-state index in [1.807, 2.05) is 13.8 Å². The molecule has 0 heterocycles. The molecule has 2 amide bonds. The first-order valence-electron chi connectivity index (χ1n) is 6.86. The van der Waals surface area contributed by atoms with E-state index < -0.39 is 5.91 Å². The summed E-state index contributed by atoms with van der Waals surface area (Å²) >= 11 is 0. The number of anilines is 1. The van der Waals surface area contributed by atoms with E-state index >= 15 is 0 Å². The van der Waals surface area contributed by atoms with Crippen LogP contribution >= 0.6 is 0 Å². The first-order valence-corrected chi connectivity index (χ1v) is 6.86. The summed E-state index contributed by atoms with van der Waals surface area (Å²) in [6.07, 6.45) is 1.17. The SMILES string of the molecule is CC(C)(N)CCC(=O)Nc1ccc(OCCC(N)=O)cc1. The molecular formula is C15H23N3O3. The summed E-state index contributed by atoms with van der Waals surface area (Å²) in [5.41, 5.74) is 11.2. The number of ether oxygens (including phenoxy) is 1. The van der Waals surface area contributed by atoms with E-state index in [4.69, 9.17) is 16.2 Å². The molecule has 0 aromatic heterocycles. The van der Waals surface area contributed by atoms with Gasteiger partial charge in [0.25, 0.3) is 0 Å². The van der Waals surface area contributed by atoms with Crippen LogP contribution in [0.3, 0.4) is 0 Å². The predicted molar refractivity (Wildman–Crippen MR) is 81.9 cm³/mol. The van der Waals surface area contributed by atoms with Crippen LogP contribution in [0.15, 0.2) is 24.3 Å². The van der Waals surface area contributed by atoms with Gasteiger partial charge in [-0.3, -0.25) is 9.59 Å². The maximum Gasteiger partial charge on any atom is 0.224 e. The van der Waals surface area contributed by atoms with E-state index in [0.717, 1.165) is 0 Å². The highest BCUT2D eigenvalue weighted by molar-refractivity contribution is 5.90. The Labute approximate surface area is 124 Å². The number of amides is 2. The van der Waals surface area contributed by atoms with Crippen molar-refractivity contribution in [2.45, 2.75) is 38.6 Å². The number of hydrogen-bond donors (Lipinski definition) is 3. The highest BCUT2D eigenvalue weighted by Gasteiger charge is 2.13. The molecule has 1 rings (SSSR count). The molecule has 0 aliphatic carbocycles. The van der Waals surface area contributed by atoms with Crippen molar-refractivity contribution in [2.24, 2.45) is 11.5 Å². The zero-order chi connectivity index (χ0) is 15.9. The highest BCUT2D eigenvalue weighted by atomic mass is 16.5. The predicted octanol–water partition coefficient (Wildman–Crippen LogP) is 1.40. The quantitative estimate of drug-likeness (QED) is 0.673. The van der Waals surface area contributed by atoms with Crippen LogP contribution in [-0.4, -0.2) is 24.0 Å². The summed E-state index contributed by atoms with van der Waals surface area (Å²) in [5.74, 6) is 0.148. The molecule has 0 unspecified atom stereocenters. The first kappa shape index (κ1) is 17.0. The molecule has 116 valence electrons. The minimum Gasteiger partial charge on any atom is -0.493 e. The van der Waals surface area contributed by atoms with Gasteiger partial charge in [0.15, 0.2) is 0 Å². The minimum atomic E-state index is -0.401. The van der Waals surface area contributed by atoms with Gasteiger partial charge in [-0.25, -0.2) is 0 Å². The third-order valence-electron chi connectivity index (χ3n) is 2.75. The molecule has 0 atom stereocenters. The lowest BCUT2D eigenvalue weighted by molar-refractivity contribution is -0.118. The summed E-state index contributed by atoms with van der Waals surface area (Å²) in [4.78, 5) is 22.3. The number of hydrogen-bond acceptors (Lipinski definition) is 4. The molecule has 0 spiro atoms.